The highest BCUT2D eigenvalue weighted by Crippen LogP contribution is 2.32. The van der Waals surface area contributed by atoms with Crippen LogP contribution in [0.1, 0.15) is 11.4 Å². The van der Waals surface area contributed by atoms with E-state index in [-0.39, 0.29) is 16.6 Å². The van der Waals surface area contributed by atoms with Crippen LogP contribution in [0.3, 0.4) is 0 Å². The average Bonchev–Trinajstić information content (AvgIpc) is 2.81. The van der Waals surface area contributed by atoms with Crippen molar-refractivity contribution in [2.75, 3.05) is 5.75 Å². The van der Waals surface area contributed by atoms with E-state index in [2.05, 4.69) is 15.3 Å². The maximum absolute atomic E-state index is 12.7. The summed E-state index contributed by atoms with van der Waals surface area (Å²) in [5.74, 6) is -1.44. The lowest BCUT2D eigenvalue weighted by Gasteiger charge is -2.04. The van der Waals surface area contributed by atoms with E-state index in [1.807, 2.05) is 0 Å². The van der Waals surface area contributed by atoms with Gasteiger partial charge in [-0.25, -0.2) is 4.68 Å². The highest BCUT2D eigenvalue weighted by Gasteiger charge is 2.35. The van der Waals surface area contributed by atoms with Crippen LogP contribution in [0.5, 0.6) is 0 Å². The van der Waals surface area contributed by atoms with Crippen molar-refractivity contribution in [3.63, 3.8) is 0 Å². The summed E-state index contributed by atoms with van der Waals surface area (Å²) >= 11 is 0.724. The summed E-state index contributed by atoms with van der Waals surface area (Å²) in [5.41, 5.74) is -0.514. The zero-order valence-corrected chi connectivity index (χ0v) is 11.4. The second kappa shape index (κ2) is 5.72. The number of rotatable bonds is 4. The third-order valence-electron chi connectivity index (χ3n) is 2.31. The number of aryl methyl sites for hydroxylation is 1. The number of alkyl halides is 3. The number of thioether (sulfide) groups is 1. The molecule has 6 nitrogen and oxygen atoms in total. The van der Waals surface area contributed by atoms with Gasteiger partial charge in [0.15, 0.2) is 11.5 Å². The van der Waals surface area contributed by atoms with Crippen molar-refractivity contribution in [3.8, 4) is 5.82 Å². The third kappa shape index (κ3) is 3.72. The number of carboxylic acid groups (broad SMARTS) is 1. The first-order chi connectivity index (χ1) is 9.77. The van der Waals surface area contributed by atoms with E-state index >= 15 is 0 Å². The van der Waals surface area contributed by atoms with Crippen LogP contribution in [-0.2, 0) is 11.0 Å². The highest BCUT2D eigenvalue weighted by molar-refractivity contribution is 7.99. The lowest BCUT2D eigenvalue weighted by atomic mass is 10.4. The minimum atomic E-state index is -4.62. The van der Waals surface area contributed by atoms with Crippen molar-refractivity contribution >= 4 is 17.7 Å². The Morgan fingerprint density at radius 3 is 2.62 bits per heavy atom. The molecule has 0 amide bonds. The number of nitrogens with zero attached hydrogens (tertiary/aromatic N) is 4. The minimum absolute atomic E-state index is 0.0304. The molecule has 2 heterocycles. The van der Waals surface area contributed by atoms with Crippen molar-refractivity contribution in [1.82, 2.24) is 20.0 Å². The van der Waals surface area contributed by atoms with E-state index in [9.17, 15) is 18.0 Å². The van der Waals surface area contributed by atoms with Gasteiger partial charge in [0, 0.05) is 6.07 Å². The van der Waals surface area contributed by atoms with Crippen LogP contribution in [-0.4, -0.2) is 36.8 Å². The van der Waals surface area contributed by atoms with E-state index in [4.69, 9.17) is 5.11 Å². The molecule has 2 rings (SSSR count). The molecule has 0 aromatic carbocycles. The van der Waals surface area contributed by atoms with Crippen molar-refractivity contribution in [1.29, 1.82) is 0 Å². The third-order valence-corrected chi connectivity index (χ3v) is 3.29. The normalized spacial score (nSPS) is 11.6. The van der Waals surface area contributed by atoms with Gasteiger partial charge in [-0.2, -0.15) is 23.4 Å². The van der Waals surface area contributed by atoms with Crippen molar-refractivity contribution in [2.24, 2.45) is 0 Å². The molecule has 2 aromatic rings. The van der Waals surface area contributed by atoms with Gasteiger partial charge in [0.25, 0.3) is 0 Å². The first kappa shape index (κ1) is 15.3. The Morgan fingerprint density at radius 2 is 2.10 bits per heavy atom. The summed E-state index contributed by atoms with van der Waals surface area (Å²) in [4.78, 5) is 10.6. The summed E-state index contributed by atoms with van der Waals surface area (Å²) < 4.78 is 39.1. The second-order valence-corrected chi connectivity index (χ2v) is 4.99. The van der Waals surface area contributed by atoms with Gasteiger partial charge in [-0.1, -0.05) is 11.8 Å². The zero-order valence-electron chi connectivity index (χ0n) is 10.6. The molecule has 0 radical (unpaired) electrons. The lowest BCUT2D eigenvalue weighted by Crippen LogP contribution is -2.09. The van der Waals surface area contributed by atoms with Gasteiger partial charge >= 0.3 is 12.1 Å². The Balaban J connectivity index is 2.43. The number of halogens is 3. The van der Waals surface area contributed by atoms with Crippen LogP contribution in [0.2, 0.25) is 0 Å². The Morgan fingerprint density at radius 1 is 1.38 bits per heavy atom. The number of hydrogen-bond donors (Lipinski definition) is 1. The van der Waals surface area contributed by atoms with Gasteiger partial charge in [-0.05, 0) is 19.1 Å². The van der Waals surface area contributed by atoms with Crippen LogP contribution >= 0.6 is 11.8 Å². The summed E-state index contributed by atoms with van der Waals surface area (Å²) in [5, 5.41) is 19.6. The molecule has 0 saturated carbocycles. The Labute approximate surface area is 121 Å². The molecule has 0 spiro atoms. The van der Waals surface area contributed by atoms with Gasteiger partial charge in [0.2, 0.25) is 0 Å². The summed E-state index contributed by atoms with van der Waals surface area (Å²) in [6, 6.07) is 3.82. The number of carboxylic acids is 1. The smallest absolute Gasteiger partial charge is 0.435 e. The molecule has 0 bridgehead atoms. The number of aliphatic carboxylic acids is 1. The van der Waals surface area contributed by atoms with Crippen molar-refractivity contribution in [3.05, 3.63) is 29.6 Å². The number of hydrogen-bond acceptors (Lipinski definition) is 5. The fourth-order valence-corrected chi connectivity index (χ4v) is 2.13. The molecule has 0 atom stereocenters. The fourth-order valence-electron chi connectivity index (χ4n) is 1.41. The van der Waals surface area contributed by atoms with Crippen LogP contribution in [0.25, 0.3) is 5.82 Å². The molecule has 10 heteroatoms. The largest absolute Gasteiger partial charge is 0.481 e. The first-order valence-corrected chi connectivity index (χ1v) is 6.58. The van der Waals surface area contributed by atoms with E-state index < -0.39 is 17.8 Å². The van der Waals surface area contributed by atoms with Crippen molar-refractivity contribution < 1.29 is 23.1 Å². The Bertz CT molecular complexity index is 654. The molecule has 0 aliphatic carbocycles. The maximum atomic E-state index is 12.7. The average molecular weight is 318 g/mol. The zero-order chi connectivity index (χ0) is 15.6. The molecule has 1 N–H and O–H groups in total. The topological polar surface area (TPSA) is 80.9 Å². The molecule has 21 heavy (non-hydrogen) atoms. The lowest BCUT2D eigenvalue weighted by molar-refractivity contribution is -0.141. The summed E-state index contributed by atoms with van der Waals surface area (Å²) in [6.45, 7) is 1.68. The molecule has 0 aliphatic rings. The SMILES string of the molecule is Cc1ccc(-n2nc(C(F)(F)F)cc2SCC(=O)O)nn1. The Kier molecular flexibility index (Phi) is 4.16. The predicted molar refractivity (Wildman–Crippen MR) is 67.3 cm³/mol. The number of carbonyl (C=O) groups is 1. The van der Waals surface area contributed by atoms with Gasteiger partial charge in [-0.15, -0.1) is 5.10 Å². The standard InChI is InChI=1S/C11H9F3N4O2S/c1-6-2-3-8(16-15-6)18-9(21-5-10(19)20)4-7(17-18)11(12,13)14/h2-4H,5H2,1H3,(H,19,20). The Hall–Kier alpha value is -2.10. The first-order valence-electron chi connectivity index (χ1n) is 5.60. The molecular formula is C11H9F3N4O2S. The molecule has 0 aliphatic heterocycles. The van der Waals surface area contributed by atoms with E-state index in [0.29, 0.717) is 5.69 Å². The fraction of sp³-hybridized carbons (Fsp3) is 0.273. The van der Waals surface area contributed by atoms with E-state index in [1.165, 1.54) is 6.07 Å². The monoisotopic (exact) mass is 318 g/mol. The van der Waals surface area contributed by atoms with Gasteiger partial charge < -0.3 is 5.11 Å². The molecular weight excluding hydrogens is 309 g/mol. The van der Waals surface area contributed by atoms with Crippen LogP contribution < -0.4 is 0 Å². The van der Waals surface area contributed by atoms with Crippen molar-refractivity contribution in [2.45, 2.75) is 18.1 Å². The van der Waals surface area contributed by atoms with Crippen LogP contribution in [0, 0.1) is 6.92 Å². The number of aromatic nitrogens is 4. The molecule has 0 unspecified atom stereocenters. The summed E-state index contributed by atoms with van der Waals surface area (Å²) in [6.07, 6.45) is -4.62. The van der Waals surface area contributed by atoms with E-state index in [0.717, 1.165) is 22.5 Å². The highest BCUT2D eigenvalue weighted by atomic mass is 32.2. The quantitative estimate of drug-likeness (QED) is 0.870. The molecule has 2 aromatic heterocycles. The molecule has 112 valence electrons. The minimum Gasteiger partial charge on any atom is -0.481 e. The van der Waals surface area contributed by atoms with Gasteiger partial charge in [0.05, 0.1) is 11.4 Å². The summed E-state index contributed by atoms with van der Waals surface area (Å²) in [7, 11) is 0. The van der Waals surface area contributed by atoms with Gasteiger partial charge in [-0.3, -0.25) is 4.79 Å². The van der Waals surface area contributed by atoms with E-state index in [1.54, 1.807) is 13.0 Å². The maximum Gasteiger partial charge on any atom is 0.435 e. The second-order valence-electron chi connectivity index (χ2n) is 3.99. The van der Waals surface area contributed by atoms with Crippen LogP contribution in [0.15, 0.2) is 23.2 Å². The molecule has 0 saturated heterocycles. The molecule has 0 fully saturated rings. The van der Waals surface area contributed by atoms with Gasteiger partial charge in [0.1, 0.15) is 5.03 Å². The van der Waals surface area contributed by atoms with Crippen LogP contribution in [0.4, 0.5) is 13.2 Å². The predicted octanol–water partition coefficient (Wildman–Crippen LogP) is 2.17.